The highest BCUT2D eigenvalue weighted by Gasteiger charge is 2.28. The Morgan fingerprint density at radius 1 is 1.56 bits per heavy atom. The van der Waals surface area contributed by atoms with Gasteiger partial charge >= 0.3 is 0 Å². The number of hydrogen-bond donors (Lipinski definition) is 1. The second kappa shape index (κ2) is 6.08. The average Bonchev–Trinajstić information content (AvgIpc) is 2.96. The minimum atomic E-state index is 0.567. The van der Waals surface area contributed by atoms with Gasteiger partial charge in [-0.25, -0.2) is 0 Å². The maximum atomic E-state index is 3.86. The molecule has 0 aromatic carbocycles. The van der Waals surface area contributed by atoms with Crippen molar-refractivity contribution in [1.29, 1.82) is 0 Å². The van der Waals surface area contributed by atoms with Gasteiger partial charge in [0.15, 0.2) is 0 Å². The summed E-state index contributed by atoms with van der Waals surface area (Å²) in [6.45, 7) is 2.28. The quantitative estimate of drug-likeness (QED) is 0.851. The highest BCUT2D eigenvalue weighted by atomic mass is 32.2. The molecule has 3 heteroatoms. The van der Waals surface area contributed by atoms with Crippen LogP contribution in [0, 0.1) is 0 Å². The summed E-state index contributed by atoms with van der Waals surface area (Å²) >= 11 is 3.91. The molecule has 1 aliphatic carbocycles. The molecule has 0 saturated heterocycles. The van der Waals surface area contributed by atoms with Crippen LogP contribution in [-0.2, 0) is 0 Å². The zero-order valence-electron chi connectivity index (χ0n) is 10.1. The van der Waals surface area contributed by atoms with E-state index >= 15 is 0 Å². The van der Waals surface area contributed by atoms with E-state index in [9.17, 15) is 0 Å². The van der Waals surface area contributed by atoms with Crippen LogP contribution < -0.4 is 5.32 Å². The molecule has 0 amide bonds. The largest absolute Gasteiger partial charge is 0.305 e. The van der Waals surface area contributed by atoms with Crippen LogP contribution in [0.5, 0.6) is 0 Å². The molecule has 1 nitrogen and oxygen atoms in total. The van der Waals surface area contributed by atoms with E-state index in [0.717, 1.165) is 11.3 Å². The Morgan fingerprint density at radius 2 is 2.44 bits per heavy atom. The Hall–Kier alpha value is 0.01000. The van der Waals surface area contributed by atoms with Crippen molar-refractivity contribution in [3.63, 3.8) is 0 Å². The van der Waals surface area contributed by atoms with Gasteiger partial charge in [0.2, 0.25) is 0 Å². The lowest BCUT2D eigenvalue weighted by Crippen LogP contribution is -2.36. The van der Waals surface area contributed by atoms with E-state index in [1.54, 1.807) is 0 Å². The van der Waals surface area contributed by atoms with Gasteiger partial charge in [-0.1, -0.05) is 19.4 Å². The first kappa shape index (κ1) is 12.5. The fourth-order valence-electron chi connectivity index (χ4n) is 2.55. The minimum absolute atomic E-state index is 0.567. The van der Waals surface area contributed by atoms with Gasteiger partial charge in [-0.3, -0.25) is 0 Å². The monoisotopic (exact) mass is 255 g/mol. The molecule has 1 N–H and O–H groups in total. The predicted octanol–water partition coefficient (Wildman–Crippen LogP) is 4.07. The highest BCUT2D eigenvalue weighted by molar-refractivity contribution is 7.99. The van der Waals surface area contributed by atoms with Crippen LogP contribution in [0.2, 0.25) is 0 Å². The second-order valence-electron chi connectivity index (χ2n) is 4.45. The van der Waals surface area contributed by atoms with E-state index in [1.165, 1.54) is 30.6 Å². The summed E-state index contributed by atoms with van der Waals surface area (Å²) in [6, 6.07) is 5.71. The Labute approximate surface area is 107 Å². The molecule has 1 fully saturated rings. The van der Waals surface area contributed by atoms with Crippen LogP contribution in [0.25, 0.3) is 0 Å². The smallest absolute Gasteiger partial charge is 0.0414 e. The third-order valence-corrected chi connectivity index (χ3v) is 5.62. The van der Waals surface area contributed by atoms with Gasteiger partial charge < -0.3 is 5.32 Å². The second-order valence-corrected chi connectivity index (χ2v) is 6.51. The maximum Gasteiger partial charge on any atom is 0.0414 e. The summed E-state index contributed by atoms with van der Waals surface area (Å²) < 4.78 is 0. The normalized spacial score (nSPS) is 27.1. The summed E-state index contributed by atoms with van der Waals surface area (Å²) in [5.74, 6) is 0. The maximum absolute atomic E-state index is 3.86. The van der Waals surface area contributed by atoms with Crippen molar-refractivity contribution >= 4 is 23.1 Å². The first-order valence-corrected chi connectivity index (χ1v) is 8.34. The minimum Gasteiger partial charge on any atom is -0.305 e. The third-order valence-electron chi connectivity index (χ3n) is 3.47. The van der Waals surface area contributed by atoms with Crippen molar-refractivity contribution in [2.75, 3.05) is 6.26 Å². The first-order valence-electron chi connectivity index (χ1n) is 6.17. The van der Waals surface area contributed by atoms with Crippen LogP contribution in [0.15, 0.2) is 17.5 Å². The fourth-order valence-corrected chi connectivity index (χ4v) is 4.36. The Bertz CT molecular complexity index is 297. The van der Waals surface area contributed by atoms with E-state index < -0.39 is 0 Å². The van der Waals surface area contributed by atoms with Crippen LogP contribution in [-0.4, -0.2) is 17.5 Å². The molecule has 2 rings (SSSR count). The Balaban J connectivity index is 1.96. The summed E-state index contributed by atoms with van der Waals surface area (Å²) in [7, 11) is 0. The van der Waals surface area contributed by atoms with Crippen molar-refractivity contribution in [2.24, 2.45) is 0 Å². The topological polar surface area (TPSA) is 12.0 Å². The van der Waals surface area contributed by atoms with Crippen molar-refractivity contribution in [3.05, 3.63) is 22.4 Å². The number of hydrogen-bond acceptors (Lipinski definition) is 3. The molecule has 1 aliphatic rings. The van der Waals surface area contributed by atoms with Crippen LogP contribution >= 0.6 is 23.1 Å². The van der Waals surface area contributed by atoms with Crippen molar-refractivity contribution in [1.82, 2.24) is 5.32 Å². The molecule has 0 spiro atoms. The molecule has 0 bridgehead atoms. The molecule has 3 unspecified atom stereocenters. The van der Waals surface area contributed by atoms with E-state index in [-0.39, 0.29) is 0 Å². The lowest BCUT2D eigenvalue weighted by atomic mass is 10.1. The number of nitrogens with one attached hydrogen (secondary N) is 1. The zero-order chi connectivity index (χ0) is 11.4. The van der Waals surface area contributed by atoms with E-state index in [2.05, 4.69) is 36.0 Å². The summed E-state index contributed by atoms with van der Waals surface area (Å²) in [4.78, 5) is 1.49. The number of thiophene rings is 1. The molecule has 0 aliphatic heterocycles. The van der Waals surface area contributed by atoms with Crippen LogP contribution in [0.3, 0.4) is 0 Å². The standard InChI is InChI=1S/C13H21NS2/c1-3-10(13-8-5-9-16-13)14-11-6-4-7-12(11)15-2/h5,8-12,14H,3-4,6-7H2,1-2H3. The number of rotatable bonds is 5. The molecular formula is C13H21NS2. The predicted molar refractivity (Wildman–Crippen MR) is 75.4 cm³/mol. The molecule has 1 saturated carbocycles. The van der Waals surface area contributed by atoms with E-state index in [1.807, 2.05) is 23.1 Å². The summed E-state index contributed by atoms with van der Waals surface area (Å²) in [6.07, 6.45) is 7.58. The Kier molecular flexibility index (Phi) is 4.74. The third kappa shape index (κ3) is 2.82. The molecular weight excluding hydrogens is 234 g/mol. The van der Waals surface area contributed by atoms with Crippen LogP contribution in [0.4, 0.5) is 0 Å². The number of thioether (sulfide) groups is 1. The van der Waals surface area contributed by atoms with Gasteiger partial charge in [-0.2, -0.15) is 11.8 Å². The lowest BCUT2D eigenvalue weighted by Gasteiger charge is -2.25. The van der Waals surface area contributed by atoms with Crippen molar-refractivity contribution in [2.45, 2.75) is 49.9 Å². The van der Waals surface area contributed by atoms with E-state index in [0.29, 0.717) is 6.04 Å². The lowest BCUT2D eigenvalue weighted by molar-refractivity contribution is 0.440. The van der Waals surface area contributed by atoms with Gasteiger partial charge in [-0.15, -0.1) is 11.3 Å². The molecule has 90 valence electrons. The van der Waals surface area contributed by atoms with Gasteiger partial charge in [-0.05, 0) is 37.0 Å². The van der Waals surface area contributed by atoms with Gasteiger partial charge in [0, 0.05) is 22.2 Å². The molecule has 16 heavy (non-hydrogen) atoms. The molecule has 3 atom stereocenters. The SMILES string of the molecule is CCC(NC1CCCC1SC)c1cccs1. The van der Waals surface area contributed by atoms with Crippen molar-refractivity contribution in [3.8, 4) is 0 Å². The average molecular weight is 255 g/mol. The zero-order valence-corrected chi connectivity index (χ0v) is 11.7. The Morgan fingerprint density at radius 3 is 3.06 bits per heavy atom. The molecule has 1 heterocycles. The van der Waals surface area contributed by atoms with Gasteiger partial charge in [0.05, 0.1) is 0 Å². The van der Waals surface area contributed by atoms with Gasteiger partial charge in [0.25, 0.3) is 0 Å². The van der Waals surface area contributed by atoms with E-state index in [4.69, 9.17) is 0 Å². The van der Waals surface area contributed by atoms with Gasteiger partial charge in [0.1, 0.15) is 0 Å². The summed E-state index contributed by atoms with van der Waals surface area (Å²) in [5, 5.41) is 6.87. The summed E-state index contributed by atoms with van der Waals surface area (Å²) in [5.41, 5.74) is 0. The first-order chi connectivity index (χ1) is 7.85. The highest BCUT2D eigenvalue weighted by Crippen LogP contribution is 2.31. The van der Waals surface area contributed by atoms with Crippen molar-refractivity contribution < 1.29 is 0 Å². The fraction of sp³-hybridized carbons (Fsp3) is 0.692. The molecule has 1 aromatic heterocycles. The van der Waals surface area contributed by atoms with Crippen LogP contribution in [0.1, 0.15) is 43.5 Å². The molecule has 0 radical (unpaired) electrons. The molecule has 1 aromatic rings.